The van der Waals surface area contributed by atoms with Crippen molar-refractivity contribution in [1.29, 1.82) is 0 Å². The third kappa shape index (κ3) is 7.01. The maximum Gasteiger partial charge on any atom is 0.410 e. The molecule has 0 unspecified atom stereocenters. The first-order valence-electron chi connectivity index (χ1n) is 12.1. The number of esters is 1. The first kappa shape index (κ1) is 28.3. The quantitative estimate of drug-likeness (QED) is 0.367. The molecule has 9 nitrogen and oxygen atoms in total. The molecule has 1 fully saturated rings. The molecule has 1 aliphatic rings. The number of hydrogen-bond acceptors (Lipinski definition) is 7. The number of ether oxygens (including phenoxy) is 3. The number of anilines is 1. The highest BCUT2D eigenvalue weighted by atomic mass is 35.5. The van der Waals surface area contributed by atoms with Gasteiger partial charge < -0.3 is 19.1 Å². The largest absolute Gasteiger partial charge is 0.487 e. The lowest BCUT2D eigenvalue weighted by molar-refractivity contribution is -0.0221. The highest BCUT2D eigenvalue weighted by Crippen LogP contribution is 2.29. The minimum Gasteiger partial charge on any atom is -0.487 e. The first-order chi connectivity index (χ1) is 18.3. The molecule has 39 heavy (non-hydrogen) atoms. The van der Waals surface area contributed by atoms with Crippen LogP contribution in [-0.2, 0) is 19.5 Å². The Kier molecular flexibility index (Phi) is 8.08. The normalized spacial score (nSPS) is 13.8. The van der Waals surface area contributed by atoms with Crippen LogP contribution in [0.3, 0.4) is 0 Å². The van der Waals surface area contributed by atoms with E-state index in [0.717, 1.165) is 11.1 Å². The molecule has 1 heterocycles. The summed E-state index contributed by atoms with van der Waals surface area (Å²) in [6.45, 7) is 6.02. The number of methoxy groups -OCH3 is 1. The van der Waals surface area contributed by atoms with Crippen LogP contribution in [0.2, 0.25) is 5.02 Å². The lowest BCUT2D eigenvalue weighted by Gasteiger charge is -2.39. The number of hydrogen-bond donors (Lipinski definition) is 1. The minimum atomic E-state index is -4.02. The molecule has 4 rings (SSSR count). The molecule has 0 aliphatic carbocycles. The van der Waals surface area contributed by atoms with E-state index in [1.807, 2.05) is 12.1 Å². The van der Waals surface area contributed by atoms with Crippen LogP contribution in [0.4, 0.5) is 10.5 Å². The van der Waals surface area contributed by atoms with Gasteiger partial charge in [-0.25, -0.2) is 18.0 Å². The van der Waals surface area contributed by atoms with Gasteiger partial charge in [-0.3, -0.25) is 4.72 Å². The van der Waals surface area contributed by atoms with E-state index in [1.165, 1.54) is 36.3 Å². The third-order valence-electron chi connectivity index (χ3n) is 5.79. The molecule has 0 saturated carbocycles. The molecule has 3 aromatic rings. The summed E-state index contributed by atoms with van der Waals surface area (Å²) >= 11 is 5.94. The molecule has 1 saturated heterocycles. The van der Waals surface area contributed by atoms with E-state index in [1.54, 1.807) is 51.1 Å². The summed E-state index contributed by atoms with van der Waals surface area (Å²) in [4.78, 5) is 26.2. The Bertz CT molecular complexity index is 1460. The van der Waals surface area contributed by atoms with Crippen LogP contribution in [0.5, 0.6) is 5.75 Å². The van der Waals surface area contributed by atoms with Gasteiger partial charge in [0.2, 0.25) is 0 Å². The Labute approximate surface area is 232 Å². The number of halogens is 1. The van der Waals surface area contributed by atoms with Crippen LogP contribution < -0.4 is 9.46 Å². The molecule has 0 radical (unpaired) electrons. The molecule has 3 aromatic carbocycles. The topological polar surface area (TPSA) is 111 Å². The van der Waals surface area contributed by atoms with Gasteiger partial charge in [0.05, 0.1) is 36.3 Å². The molecule has 0 atom stereocenters. The van der Waals surface area contributed by atoms with Gasteiger partial charge in [0.15, 0.2) is 0 Å². The van der Waals surface area contributed by atoms with E-state index in [4.69, 9.17) is 25.8 Å². The number of nitrogens with zero attached hydrogens (tertiary/aromatic N) is 1. The van der Waals surface area contributed by atoms with Gasteiger partial charge in [0.25, 0.3) is 10.0 Å². The summed E-state index contributed by atoms with van der Waals surface area (Å²) < 4.78 is 44.8. The highest BCUT2D eigenvalue weighted by molar-refractivity contribution is 7.92. The molecular weight excluding hydrogens is 544 g/mol. The molecule has 0 spiro atoms. The van der Waals surface area contributed by atoms with Crippen molar-refractivity contribution in [3.63, 3.8) is 0 Å². The lowest BCUT2D eigenvalue weighted by Crippen LogP contribution is -2.57. The molecule has 1 N–H and O–H groups in total. The van der Waals surface area contributed by atoms with Crippen molar-refractivity contribution in [2.24, 2.45) is 0 Å². The van der Waals surface area contributed by atoms with Gasteiger partial charge in [-0.05, 0) is 74.4 Å². The Hall–Kier alpha value is -3.76. The van der Waals surface area contributed by atoms with Crippen LogP contribution >= 0.6 is 11.6 Å². The maximum atomic E-state index is 13.1. The van der Waals surface area contributed by atoms with Crippen LogP contribution in [0.15, 0.2) is 71.6 Å². The number of carbonyl (C=O) groups is 2. The number of rotatable bonds is 7. The fraction of sp³-hybridized carbons (Fsp3) is 0.286. The van der Waals surface area contributed by atoms with Gasteiger partial charge in [0.1, 0.15) is 17.5 Å². The van der Waals surface area contributed by atoms with Gasteiger partial charge in [-0.1, -0.05) is 35.9 Å². The Balaban J connectivity index is 1.46. The summed E-state index contributed by atoms with van der Waals surface area (Å²) in [5, 5.41) is 0.607. The van der Waals surface area contributed by atoms with E-state index in [2.05, 4.69) is 4.72 Å². The fourth-order valence-corrected chi connectivity index (χ4v) is 5.02. The molecule has 1 aliphatic heterocycles. The molecule has 1 amide bonds. The second kappa shape index (κ2) is 11.2. The van der Waals surface area contributed by atoms with Crippen molar-refractivity contribution in [2.75, 3.05) is 24.9 Å². The highest BCUT2D eigenvalue weighted by Gasteiger charge is 2.35. The van der Waals surface area contributed by atoms with Crippen molar-refractivity contribution in [3.8, 4) is 16.9 Å². The summed E-state index contributed by atoms with van der Waals surface area (Å²) in [5.41, 5.74) is 1.14. The number of nitrogens with one attached hydrogen (secondary N) is 1. The zero-order chi connectivity index (χ0) is 28.4. The number of carbonyl (C=O) groups excluding carboxylic acids is 2. The van der Waals surface area contributed by atoms with E-state index in [-0.39, 0.29) is 22.3 Å². The number of sulfonamides is 1. The van der Waals surface area contributed by atoms with Crippen LogP contribution in [0.25, 0.3) is 11.1 Å². The van der Waals surface area contributed by atoms with Crippen molar-refractivity contribution >= 4 is 39.4 Å². The average molecular weight is 573 g/mol. The van der Waals surface area contributed by atoms with E-state index in [9.17, 15) is 18.0 Å². The Morgan fingerprint density at radius 2 is 1.54 bits per heavy atom. The predicted octanol–water partition coefficient (Wildman–Crippen LogP) is 5.59. The maximum absolute atomic E-state index is 13.1. The monoisotopic (exact) mass is 572 g/mol. The number of likely N-dealkylation sites (tertiary alicyclic amines) is 1. The average Bonchev–Trinajstić information content (AvgIpc) is 2.85. The van der Waals surface area contributed by atoms with Crippen LogP contribution in [0.1, 0.15) is 31.1 Å². The second-order valence-corrected chi connectivity index (χ2v) is 12.1. The van der Waals surface area contributed by atoms with Crippen molar-refractivity contribution in [1.82, 2.24) is 4.90 Å². The molecule has 0 aromatic heterocycles. The first-order valence-corrected chi connectivity index (χ1v) is 14.0. The molecule has 11 heteroatoms. The Morgan fingerprint density at radius 1 is 0.949 bits per heavy atom. The molecule has 0 bridgehead atoms. The lowest BCUT2D eigenvalue weighted by atomic mass is 10.1. The standard InChI is InChI=1S/C28H29ClN2O7S/c1-28(2,3)38-27(33)31-16-22(17-31)37-21-11-14-25(24(15-21)26(32)36-4)30-39(34,35)23-12-7-19(8-13-23)18-5-9-20(29)10-6-18/h5-15,22,30H,16-17H2,1-4H3. The van der Waals surface area contributed by atoms with Gasteiger partial charge in [-0.2, -0.15) is 0 Å². The summed E-state index contributed by atoms with van der Waals surface area (Å²) in [7, 11) is -2.82. The van der Waals surface area contributed by atoms with Crippen molar-refractivity contribution < 1.29 is 32.2 Å². The summed E-state index contributed by atoms with van der Waals surface area (Å²) in [5.74, 6) is -0.403. The van der Waals surface area contributed by atoms with Crippen LogP contribution in [-0.4, -0.2) is 57.3 Å². The fourth-order valence-electron chi connectivity index (χ4n) is 3.82. The van der Waals surface area contributed by atoms with E-state index < -0.39 is 27.7 Å². The number of benzene rings is 3. The second-order valence-electron chi connectivity index (χ2n) is 9.96. The number of amides is 1. The van der Waals surface area contributed by atoms with E-state index >= 15 is 0 Å². The van der Waals surface area contributed by atoms with Gasteiger partial charge in [0, 0.05) is 5.02 Å². The molecular formula is C28H29ClN2O7S. The minimum absolute atomic E-state index is 0.0142. The van der Waals surface area contributed by atoms with Crippen molar-refractivity contribution in [2.45, 2.75) is 37.4 Å². The zero-order valence-corrected chi connectivity index (χ0v) is 23.5. The zero-order valence-electron chi connectivity index (χ0n) is 21.9. The van der Waals surface area contributed by atoms with Gasteiger partial charge >= 0.3 is 12.1 Å². The van der Waals surface area contributed by atoms with E-state index in [0.29, 0.717) is 23.9 Å². The van der Waals surface area contributed by atoms with Crippen LogP contribution in [0, 0.1) is 0 Å². The summed E-state index contributed by atoms with van der Waals surface area (Å²) in [6, 6.07) is 17.9. The smallest absolute Gasteiger partial charge is 0.410 e. The Morgan fingerprint density at radius 3 is 2.10 bits per heavy atom. The predicted molar refractivity (Wildman–Crippen MR) is 148 cm³/mol. The summed E-state index contributed by atoms with van der Waals surface area (Å²) in [6.07, 6.45) is -0.728. The third-order valence-corrected chi connectivity index (χ3v) is 7.42. The SMILES string of the molecule is COC(=O)c1cc(OC2CN(C(=O)OC(C)(C)C)C2)ccc1NS(=O)(=O)c1ccc(-c2ccc(Cl)cc2)cc1. The van der Waals surface area contributed by atoms with Crippen molar-refractivity contribution in [3.05, 3.63) is 77.3 Å². The molecule has 206 valence electrons. The van der Waals surface area contributed by atoms with Gasteiger partial charge in [-0.15, -0.1) is 0 Å².